The highest BCUT2D eigenvalue weighted by Crippen LogP contribution is 2.38. The molecule has 8 rings (SSSR count). The van der Waals surface area contributed by atoms with Gasteiger partial charge in [0.25, 0.3) is 0 Å². The smallest absolute Gasteiger partial charge is 0.0895 e. The van der Waals surface area contributed by atoms with Crippen LogP contribution in [0.15, 0.2) is 158 Å². The van der Waals surface area contributed by atoms with Crippen LogP contribution in [-0.4, -0.2) is 4.98 Å². The third-order valence-corrected chi connectivity index (χ3v) is 8.99. The van der Waals surface area contributed by atoms with Gasteiger partial charge in [-0.1, -0.05) is 97.1 Å². The molecule has 0 unspecified atom stereocenters. The highest BCUT2D eigenvalue weighted by Gasteiger charge is 2.14. The van der Waals surface area contributed by atoms with E-state index in [1.807, 2.05) is 0 Å². The van der Waals surface area contributed by atoms with E-state index in [9.17, 15) is 0 Å². The molecule has 0 amide bonds. The highest BCUT2D eigenvalue weighted by atomic mass is 32.1. The summed E-state index contributed by atoms with van der Waals surface area (Å²) < 4.78 is 2.50. The van der Waals surface area contributed by atoms with Crippen LogP contribution in [0.4, 0.5) is 17.1 Å². The molecule has 0 aliphatic carbocycles. The van der Waals surface area contributed by atoms with Crippen LogP contribution in [-0.2, 0) is 0 Å². The normalized spacial score (nSPS) is 11.3. The summed E-state index contributed by atoms with van der Waals surface area (Å²) in [5.74, 6) is 0. The molecule has 198 valence electrons. The molecule has 0 saturated heterocycles. The van der Waals surface area contributed by atoms with Crippen LogP contribution in [0.1, 0.15) is 0 Å². The number of hydrogen-bond acceptors (Lipinski definition) is 3. The van der Waals surface area contributed by atoms with Crippen molar-refractivity contribution in [1.29, 1.82) is 0 Å². The van der Waals surface area contributed by atoms with Crippen molar-refractivity contribution in [2.75, 3.05) is 4.90 Å². The number of benzene rings is 6. The topological polar surface area (TPSA) is 16.1 Å². The van der Waals surface area contributed by atoms with E-state index in [0.29, 0.717) is 0 Å². The molecule has 8 aromatic rings. The van der Waals surface area contributed by atoms with Crippen molar-refractivity contribution in [3.05, 3.63) is 158 Å². The molecule has 0 fully saturated rings. The van der Waals surface area contributed by atoms with E-state index in [0.717, 1.165) is 33.8 Å². The van der Waals surface area contributed by atoms with Crippen LogP contribution in [0.25, 0.3) is 53.5 Å². The van der Waals surface area contributed by atoms with Gasteiger partial charge >= 0.3 is 0 Å². The quantitative estimate of drug-likeness (QED) is 0.210. The summed E-state index contributed by atoms with van der Waals surface area (Å²) in [6, 6.07) is 56.2. The summed E-state index contributed by atoms with van der Waals surface area (Å²) in [7, 11) is 0. The fourth-order valence-corrected chi connectivity index (χ4v) is 6.78. The van der Waals surface area contributed by atoms with E-state index < -0.39 is 0 Å². The number of rotatable bonds is 5. The minimum absolute atomic E-state index is 0.989. The van der Waals surface area contributed by atoms with E-state index in [2.05, 4.69) is 163 Å². The minimum Gasteiger partial charge on any atom is -0.311 e. The molecule has 0 N–H and O–H groups in total. The van der Waals surface area contributed by atoms with Gasteiger partial charge < -0.3 is 4.90 Å². The SMILES string of the molecule is c1ccc(N(c2ccc(-c3ccc4ccccc4c3)cc2)c2ccc(-c3ccc4sc5ccccc5c4n3)cc2)cc1. The molecule has 0 spiro atoms. The number of para-hydroxylation sites is 1. The Bertz CT molecular complexity index is 2180. The molecular formula is C39H26N2S. The Kier molecular flexibility index (Phi) is 6.02. The van der Waals surface area contributed by atoms with E-state index >= 15 is 0 Å². The van der Waals surface area contributed by atoms with E-state index in [-0.39, 0.29) is 0 Å². The number of aromatic nitrogens is 1. The Morgan fingerprint density at radius 2 is 1.05 bits per heavy atom. The maximum atomic E-state index is 5.08. The average Bonchev–Trinajstić information content (AvgIpc) is 3.44. The van der Waals surface area contributed by atoms with Crippen LogP contribution >= 0.6 is 11.3 Å². The molecule has 3 heteroatoms. The number of pyridine rings is 1. The molecule has 0 bridgehead atoms. The number of fused-ring (bicyclic) bond motifs is 4. The number of thiophene rings is 1. The van der Waals surface area contributed by atoms with Crippen LogP contribution in [0.2, 0.25) is 0 Å². The van der Waals surface area contributed by atoms with Crippen molar-refractivity contribution in [3.63, 3.8) is 0 Å². The van der Waals surface area contributed by atoms with Gasteiger partial charge in [0, 0.05) is 32.7 Å². The Hall–Kier alpha value is -5.25. The zero-order valence-corrected chi connectivity index (χ0v) is 23.6. The second-order valence-corrected chi connectivity index (χ2v) is 11.6. The predicted molar refractivity (Wildman–Crippen MR) is 180 cm³/mol. The monoisotopic (exact) mass is 554 g/mol. The predicted octanol–water partition coefficient (Wildman–Crippen LogP) is 11.4. The molecule has 0 saturated carbocycles. The Balaban J connectivity index is 1.15. The highest BCUT2D eigenvalue weighted by molar-refractivity contribution is 7.25. The fourth-order valence-electron chi connectivity index (χ4n) is 5.73. The first-order valence-corrected chi connectivity index (χ1v) is 14.9. The van der Waals surface area contributed by atoms with Crippen LogP contribution in [0.5, 0.6) is 0 Å². The summed E-state index contributed by atoms with van der Waals surface area (Å²) in [4.78, 5) is 7.38. The Morgan fingerprint density at radius 1 is 0.429 bits per heavy atom. The lowest BCUT2D eigenvalue weighted by Crippen LogP contribution is -2.09. The first-order valence-electron chi connectivity index (χ1n) is 14.1. The molecule has 0 atom stereocenters. The first kappa shape index (κ1) is 24.5. The summed E-state index contributed by atoms with van der Waals surface area (Å²) >= 11 is 1.80. The van der Waals surface area contributed by atoms with Crippen molar-refractivity contribution in [3.8, 4) is 22.4 Å². The largest absolute Gasteiger partial charge is 0.311 e. The second-order valence-electron chi connectivity index (χ2n) is 10.5. The molecule has 42 heavy (non-hydrogen) atoms. The number of anilines is 3. The molecule has 2 heterocycles. The van der Waals surface area contributed by atoms with Gasteiger partial charge in [-0.05, 0) is 82.6 Å². The minimum atomic E-state index is 0.989. The van der Waals surface area contributed by atoms with Crippen molar-refractivity contribution in [1.82, 2.24) is 4.98 Å². The Morgan fingerprint density at radius 3 is 1.83 bits per heavy atom. The zero-order chi connectivity index (χ0) is 27.9. The zero-order valence-electron chi connectivity index (χ0n) is 22.8. The second kappa shape index (κ2) is 10.3. The van der Waals surface area contributed by atoms with Crippen molar-refractivity contribution >= 4 is 59.5 Å². The lowest BCUT2D eigenvalue weighted by Gasteiger charge is -2.26. The summed E-state index contributed by atoms with van der Waals surface area (Å²) in [6.07, 6.45) is 0. The van der Waals surface area contributed by atoms with Crippen LogP contribution in [0, 0.1) is 0 Å². The number of hydrogen-bond donors (Lipinski definition) is 0. The first-order chi connectivity index (χ1) is 20.8. The third-order valence-electron chi connectivity index (χ3n) is 7.86. The van der Waals surface area contributed by atoms with E-state index in [1.165, 1.54) is 36.7 Å². The molecule has 2 aromatic heterocycles. The van der Waals surface area contributed by atoms with Gasteiger partial charge in [-0.3, -0.25) is 0 Å². The van der Waals surface area contributed by atoms with Gasteiger partial charge in [0.2, 0.25) is 0 Å². The maximum absolute atomic E-state index is 5.08. The van der Waals surface area contributed by atoms with Crippen molar-refractivity contribution in [2.45, 2.75) is 0 Å². The maximum Gasteiger partial charge on any atom is 0.0895 e. The molecule has 0 radical (unpaired) electrons. The van der Waals surface area contributed by atoms with Crippen molar-refractivity contribution in [2.24, 2.45) is 0 Å². The van der Waals surface area contributed by atoms with Gasteiger partial charge in [-0.15, -0.1) is 11.3 Å². The summed E-state index contributed by atoms with van der Waals surface area (Å²) in [5.41, 5.74) is 8.93. The lowest BCUT2D eigenvalue weighted by atomic mass is 10.0. The third kappa shape index (κ3) is 4.41. The van der Waals surface area contributed by atoms with Gasteiger partial charge in [0.1, 0.15) is 0 Å². The molecule has 2 nitrogen and oxygen atoms in total. The molecule has 0 aliphatic heterocycles. The summed E-state index contributed by atoms with van der Waals surface area (Å²) in [5, 5.41) is 3.74. The van der Waals surface area contributed by atoms with Crippen LogP contribution < -0.4 is 4.90 Å². The summed E-state index contributed by atoms with van der Waals surface area (Å²) in [6.45, 7) is 0. The molecule has 6 aromatic carbocycles. The van der Waals surface area contributed by atoms with E-state index in [4.69, 9.17) is 4.98 Å². The molecular weight excluding hydrogens is 529 g/mol. The Labute approximate surface area is 248 Å². The van der Waals surface area contributed by atoms with Gasteiger partial charge in [0.05, 0.1) is 15.9 Å². The lowest BCUT2D eigenvalue weighted by molar-refractivity contribution is 1.28. The molecule has 0 aliphatic rings. The van der Waals surface area contributed by atoms with Crippen molar-refractivity contribution < 1.29 is 0 Å². The van der Waals surface area contributed by atoms with Gasteiger partial charge in [-0.2, -0.15) is 0 Å². The fraction of sp³-hybridized carbons (Fsp3) is 0. The number of nitrogens with zero attached hydrogens (tertiary/aromatic N) is 2. The van der Waals surface area contributed by atoms with E-state index in [1.54, 1.807) is 11.3 Å². The standard InChI is InChI=1S/C39H26N2S/c1-2-10-32(11-3-1)41(33-20-16-28(17-21-33)31-15-14-27-8-4-5-9-30(27)26-31)34-22-18-29(19-23-34)36-24-25-38-39(40-36)35-12-6-7-13-37(35)42-38/h1-26H. The van der Waals surface area contributed by atoms with Gasteiger partial charge in [0.15, 0.2) is 0 Å². The van der Waals surface area contributed by atoms with Crippen LogP contribution in [0.3, 0.4) is 0 Å². The average molecular weight is 555 g/mol. The van der Waals surface area contributed by atoms with Gasteiger partial charge in [-0.25, -0.2) is 4.98 Å².